The van der Waals surface area contributed by atoms with Crippen molar-refractivity contribution in [3.8, 4) is 0 Å². The fourth-order valence-electron chi connectivity index (χ4n) is 0.382. The molecular formula is C5H9NO2. The highest BCUT2D eigenvalue weighted by molar-refractivity contribution is 5.65. The second kappa shape index (κ2) is 2.13. The first kappa shape index (κ1) is 5.56. The summed E-state index contributed by atoms with van der Waals surface area (Å²) in [5.74, 6) is -0.197. The number of esters is 1. The summed E-state index contributed by atoms with van der Waals surface area (Å²) in [6.07, 6.45) is 0. The second-order valence-corrected chi connectivity index (χ2v) is 1.88. The van der Waals surface area contributed by atoms with Gasteiger partial charge in [-0.3, -0.25) is 9.69 Å². The lowest BCUT2D eigenvalue weighted by molar-refractivity contribution is -0.143. The lowest BCUT2D eigenvalue weighted by Crippen LogP contribution is -2.07. The number of hydrogen-bond acceptors (Lipinski definition) is 3. The molecule has 1 aliphatic heterocycles. The molecule has 8 heavy (non-hydrogen) atoms. The maximum atomic E-state index is 10.1. The topological polar surface area (TPSA) is 29.3 Å². The van der Waals surface area contributed by atoms with Crippen molar-refractivity contribution < 1.29 is 9.53 Å². The normalized spacial score (nSPS) is 18.1. The van der Waals surface area contributed by atoms with Gasteiger partial charge in [0.2, 0.25) is 0 Å². The average molecular weight is 115 g/mol. The molecule has 0 spiro atoms. The summed E-state index contributed by atoms with van der Waals surface area (Å²) in [7, 11) is 0. The summed E-state index contributed by atoms with van der Waals surface area (Å²) >= 11 is 0. The molecule has 1 heterocycles. The first-order valence-electron chi connectivity index (χ1n) is 2.65. The Morgan fingerprint density at radius 3 is 2.75 bits per heavy atom. The number of ether oxygens (including phenoxy) is 1. The molecule has 0 unspecified atom stereocenters. The van der Waals surface area contributed by atoms with Crippen molar-refractivity contribution in [3.05, 3.63) is 0 Å². The zero-order valence-corrected chi connectivity index (χ0v) is 4.89. The highest BCUT2D eigenvalue weighted by Gasteiger charge is 2.17. The number of nitrogens with zero attached hydrogens (tertiary/aromatic N) is 1. The standard InChI is InChI=1S/C5H9NO2/c1-5(7)8-4-6-2-3-6/h2-4H2,1H3. The molecule has 0 amide bonds. The van der Waals surface area contributed by atoms with Crippen LogP contribution in [0.2, 0.25) is 0 Å². The summed E-state index contributed by atoms with van der Waals surface area (Å²) in [4.78, 5) is 12.2. The Hall–Kier alpha value is -0.570. The van der Waals surface area contributed by atoms with Crippen LogP contribution in [-0.4, -0.2) is 30.7 Å². The summed E-state index contributed by atoms with van der Waals surface area (Å²) < 4.78 is 4.65. The van der Waals surface area contributed by atoms with Gasteiger partial charge < -0.3 is 4.74 Å². The van der Waals surface area contributed by atoms with E-state index in [1.54, 1.807) is 0 Å². The molecule has 0 aromatic heterocycles. The van der Waals surface area contributed by atoms with Crippen LogP contribution >= 0.6 is 0 Å². The number of rotatable bonds is 2. The van der Waals surface area contributed by atoms with Crippen molar-refractivity contribution >= 4 is 5.97 Å². The minimum atomic E-state index is -0.197. The highest BCUT2D eigenvalue weighted by Crippen LogP contribution is 2.01. The highest BCUT2D eigenvalue weighted by atomic mass is 16.5. The van der Waals surface area contributed by atoms with Crippen molar-refractivity contribution in [1.82, 2.24) is 4.90 Å². The molecule has 0 aromatic carbocycles. The molecule has 3 heteroatoms. The second-order valence-electron chi connectivity index (χ2n) is 1.88. The number of carbonyl (C=O) groups excluding carboxylic acids is 1. The van der Waals surface area contributed by atoms with Gasteiger partial charge in [0.25, 0.3) is 0 Å². The summed E-state index contributed by atoms with van der Waals surface area (Å²) in [6.45, 7) is 4.05. The number of hydrogen-bond donors (Lipinski definition) is 0. The molecule has 0 aliphatic carbocycles. The Bertz CT molecular complexity index is 98.6. The minimum absolute atomic E-state index is 0.197. The summed E-state index contributed by atoms with van der Waals surface area (Å²) in [6, 6.07) is 0. The Morgan fingerprint density at radius 2 is 2.38 bits per heavy atom. The molecule has 0 aromatic rings. The van der Waals surface area contributed by atoms with Crippen LogP contribution in [0.5, 0.6) is 0 Å². The molecule has 0 N–H and O–H groups in total. The van der Waals surface area contributed by atoms with Crippen molar-refractivity contribution in [2.45, 2.75) is 6.92 Å². The van der Waals surface area contributed by atoms with Crippen LogP contribution in [0.15, 0.2) is 0 Å². The third-order valence-electron chi connectivity index (χ3n) is 0.990. The molecule has 1 rings (SSSR count). The van der Waals surface area contributed by atoms with Crippen LogP contribution in [0.25, 0.3) is 0 Å². The zero-order chi connectivity index (χ0) is 5.98. The largest absolute Gasteiger partial charge is 0.450 e. The van der Waals surface area contributed by atoms with Crippen molar-refractivity contribution in [2.75, 3.05) is 19.8 Å². The molecule has 0 radical (unpaired) electrons. The minimum Gasteiger partial charge on any atom is -0.450 e. The van der Waals surface area contributed by atoms with E-state index in [2.05, 4.69) is 4.74 Å². The van der Waals surface area contributed by atoms with Gasteiger partial charge >= 0.3 is 5.97 Å². The molecule has 46 valence electrons. The molecule has 1 fully saturated rings. The molecule has 1 saturated heterocycles. The van der Waals surface area contributed by atoms with Gasteiger partial charge in [-0.1, -0.05) is 0 Å². The Balaban J connectivity index is 1.95. The van der Waals surface area contributed by atoms with Crippen molar-refractivity contribution in [1.29, 1.82) is 0 Å². The third-order valence-corrected chi connectivity index (χ3v) is 0.990. The van der Waals surface area contributed by atoms with E-state index >= 15 is 0 Å². The van der Waals surface area contributed by atoms with E-state index < -0.39 is 0 Å². The van der Waals surface area contributed by atoms with Gasteiger partial charge in [0.1, 0.15) is 6.73 Å². The van der Waals surface area contributed by atoms with Crippen LogP contribution in [0, 0.1) is 0 Å². The monoisotopic (exact) mass is 115 g/mol. The van der Waals surface area contributed by atoms with E-state index in [1.807, 2.05) is 4.90 Å². The van der Waals surface area contributed by atoms with E-state index in [9.17, 15) is 4.79 Å². The summed E-state index contributed by atoms with van der Waals surface area (Å²) in [5.41, 5.74) is 0. The first-order chi connectivity index (χ1) is 3.79. The number of carbonyl (C=O) groups is 1. The van der Waals surface area contributed by atoms with Crippen molar-refractivity contribution in [3.63, 3.8) is 0 Å². The quantitative estimate of drug-likeness (QED) is 0.369. The van der Waals surface area contributed by atoms with E-state index in [0.717, 1.165) is 13.1 Å². The molecule has 0 bridgehead atoms. The smallest absolute Gasteiger partial charge is 0.303 e. The van der Waals surface area contributed by atoms with Crippen LogP contribution in [0.3, 0.4) is 0 Å². The maximum absolute atomic E-state index is 10.1. The zero-order valence-electron chi connectivity index (χ0n) is 4.89. The van der Waals surface area contributed by atoms with E-state index in [4.69, 9.17) is 0 Å². The molecule has 3 nitrogen and oxygen atoms in total. The molecule has 0 atom stereocenters. The lowest BCUT2D eigenvalue weighted by atomic mass is 10.8. The Morgan fingerprint density at radius 1 is 1.75 bits per heavy atom. The van der Waals surface area contributed by atoms with E-state index in [-0.39, 0.29) is 5.97 Å². The maximum Gasteiger partial charge on any atom is 0.303 e. The van der Waals surface area contributed by atoms with Gasteiger partial charge in [-0.15, -0.1) is 0 Å². The van der Waals surface area contributed by atoms with Crippen molar-refractivity contribution in [2.24, 2.45) is 0 Å². The molecule has 0 saturated carbocycles. The average Bonchev–Trinajstić information content (AvgIpc) is 2.41. The van der Waals surface area contributed by atoms with Gasteiger partial charge in [-0.05, 0) is 0 Å². The van der Waals surface area contributed by atoms with Crippen LogP contribution in [0.1, 0.15) is 6.92 Å². The fraction of sp³-hybridized carbons (Fsp3) is 0.800. The van der Waals surface area contributed by atoms with E-state index in [1.165, 1.54) is 6.92 Å². The van der Waals surface area contributed by atoms with Gasteiger partial charge in [-0.2, -0.15) is 0 Å². The Kier molecular flexibility index (Phi) is 1.48. The lowest BCUT2D eigenvalue weighted by Gasteiger charge is -1.98. The Labute approximate surface area is 48.2 Å². The van der Waals surface area contributed by atoms with Gasteiger partial charge in [-0.25, -0.2) is 0 Å². The van der Waals surface area contributed by atoms with Crippen LogP contribution < -0.4 is 0 Å². The fourth-order valence-corrected chi connectivity index (χ4v) is 0.382. The predicted octanol–water partition coefficient (Wildman–Crippen LogP) is -0.177. The van der Waals surface area contributed by atoms with Crippen LogP contribution in [0.4, 0.5) is 0 Å². The molecule has 1 aliphatic rings. The van der Waals surface area contributed by atoms with E-state index in [0.29, 0.717) is 6.73 Å². The van der Waals surface area contributed by atoms with Gasteiger partial charge in [0, 0.05) is 20.0 Å². The molecular weight excluding hydrogens is 106 g/mol. The predicted molar refractivity (Wildman–Crippen MR) is 28.2 cm³/mol. The third kappa shape index (κ3) is 1.93. The van der Waals surface area contributed by atoms with Gasteiger partial charge in [0.15, 0.2) is 0 Å². The van der Waals surface area contributed by atoms with Gasteiger partial charge in [0.05, 0.1) is 0 Å². The first-order valence-corrected chi connectivity index (χ1v) is 2.65. The SMILES string of the molecule is CC(=O)OCN1CC1. The van der Waals surface area contributed by atoms with Crippen LogP contribution in [-0.2, 0) is 9.53 Å². The summed E-state index contributed by atoms with van der Waals surface area (Å²) in [5, 5.41) is 0.